The fourth-order valence-corrected chi connectivity index (χ4v) is 4.81. The number of halogens is 1. The molecule has 6 nitrogen and oxygen atoms in total. The Morgan fingerprint density at radius 3 is 2.62 bits per heavy atom. The molecule has 8 heteroatoms. The third kappa shape index (κ3) is 6.39. The largest absolute Gasteiger partial charge is 0.491 e. The van der Waals surface area contributed by atoms with Gasteiger partial charge >= 0.3 is 6.03 Å². The van der Waals surface area contributed by atoms with E-state index in [4.69, 9.17) is 16.3 Å². The summed E-state index contributed by atoms with van der Waals surface area (Å²) >= 11 is 7.69. The van der Waals surface area contributed by atoms with Crippen molar-refractivity contribution in [1.29, 1.82) is 0 Å². The number of fused-ring (bicyclic) bond motifs is 1. The van der Waals surface area contributed by atoms with Crippen LogP contribution in [-0.2, 0) is 11.2 Å². The van der Waals surface area contributed by atoms with E-state index < -0.39 is 0 Å². The zero-order valence-corrected chi connectivity index (χ0v) is 20.8. The van der Waals surface area contributed by atoms with Crippen LogP contribution < -0.4 is 10.1 Å². The van der Waals surface area contributed by atoms with Crippen LogP contribution in [0.25, 0.3) is 0 Å². The first-order chi connectivity index (χ1) is 15.2. The molecule has 2 aromatic rings. The van der Waals surface area contributed by atoms with Crippen molar-refractivity contribution in [2.75, 3.05) is 26.2 Å². The predicted octanol–water partition coefficient (Wildman–Crippen LogP) is 5.13. The molecule has 0 radical (unpaired) electrons. The number of urea groups is 1. The summed E-state index contributed by atoms with van der Waals surface area (Å²) in [6.07, 6.45) is 1.60. The lowest BCUT2D eigenvalue weighted by Crippen LogP contribution is -2.53. The first-order valence-corrected chi connectivity index (χ1v) is 12.2. The summed E-state index contributed by atoms with van der Waals surface area (Å²) in [5.41, 5.74) is 0.766. The Kier molecular flexibility index (Phi) is 8.06. The number of ether oxygens (including phenoxy) is 1. The molecule has 2 heterocycles. The van der Waals surface area contributed by atoms with E-state index in [9.17, 15) is 9.59 Å². The Morgan fingerprint density at radius 2 is 1.97 bits per heavy atom. The summed E-state index contributed by atoms with van der Waals surface area (Å²) in [5.74, 6) is 0.644. The normalized spacial score (nSPS) is 15.8. The summed E-state index contributed by atoms with van der Waals surface area (Å²) in [6, 6.07) is 8.89. The van der Waals surface area contributed by atoms with Crippen LogP contribution in [0.15, 0.2) is 35.7 Å². The third-order valence-corrected chi connectivity index (χ3v) is 6.47. The Labute approximate surface area is 199 Å². The maximum atomic E-state index is 13.4. The van der Waals surface area contributed by atoms with Gasteiger partial charge in [0.2, 0.25) is 5.91 Å². The molecule has 1 aromatic carbocycles. The van der Waals surface area contributed by atoms with Crippen LogP contribution >= 0.6 is 22.9 Å². The van der Waals surface area contributed by atoms with E-state index in [1.54, 1.807) is 28.4 Å². The average molecular weight is 478 g/mol. The van der Waals surface area contributed by atoms with Crippen molar-refractivity contribution >= 4 is 34.9 Å². The highest BCUT2D eigenvalue weighted by atomic mass is 35.5. The van der Waals surface area contributed by atoms with Crippen LogP contribution in [0.3, 0.4) is 0 Å². The van der Waals surface area contributed by atoms with E-state index in [0.717, 1.165) is 18.4 Å². The molecule has 1 aromatic heterocycles. The number of nitrogens with one attached hydrogen (secondary N) is 1. The SMILES string of the molecule is CCCN(CC(=O)N1CCc2sccc2[C@H]1COc1ccc(Cl)cc1)C(=O)NC(C)(C)C. The number of benzene rings is 1. The summed E-state index contributed by atoms with van der Waals surface area (Å²) in [6.45, 7) is 9.34. The summed E-state index contributed by atoms with van der Waals surface area (Å²) in [4.78, 5) is 30.9. The third-order valence-electron chi connectivity index (χ3n) is 5.23. The first kappa shape index (κ1) is 24.4. The molecule has 32 heavy (non-hydrogen) atoms. The molecular formula is C24H32ClN3O3S. The first-order valence-electron chi connectivity index (χ1n) is 11.0. The van der Waals surface area contributed by atoms with Crippen LogP contribution in [-0.4, -0.2) is 53.5 Å². The van der Waals surface area contributed by atoms with Crippen molar-refractivity contribution in [2.45, 2.75) is 52.1 Å². The van der Waals surface area contributed by atoms with Crippen LogP contribution in [0.1, 0.15) is 50.6 Å². The van der Waals surface area contributed by atoms with Gasteiger partial charge in [0.15, 0.2) is 0 Å². The monoisotopic (exact) mass is 477 g/mol. The Hall–Kier alpha value is -2.25. The van der Waals surface area contributed by atoms with Gasteiger partial charge in [-0.1, -0.05) is 18.5 Å². The molecule has 1 N–H and O–H groups in total. The topological polar surface area (TPSA) is 61.9 Å². The van der Waals surface area contributed by atoms with Gasteiger partial charge in [-0.25, -0.2) is 4.79 Å². The van der Waals surface area contributed by atoms with E-state index in [1.807, 2.05) is 44.7 Å². The molecule has 0 fully saturated rings. The molecule has 0 spiro atoms. The van der Waals surface area contributed by atoms with Crippen LogP contribution in [0.4, 0.5) is 4.79 Å². The zero-order valence-electron chi connectivity index (χ0n) is 19.2. The van der Waals surface area contributed by atoms with Crippen molar-refractivity contribution < 1.29 is 14.3 Å². The van der Waals surface area contributed by atoms with E-state index in [1.165, 1.54) is 4.88 Å². The minimum atomic E-state index is -0.363. The molecule has 0 unspecified atom stereocenters. The highest BCUT2D eigenvalue weighted by molar-refractivity contribution is 7.10. The van der Waals surface area contributed by atoms with Crippen molar-refractivity contribution in [2.24, 2.45) is 0 Å². The average Bonchev–Trinajstić information content (AvgIpc) is 3.20. The lowest BCUT2D eigenvalue weighted by molar-refractivity contribution is -0.135. The van der Waals surface area contributed by atoms with Crippen molar-refractivity contribution in [1.82, 2.24) is 15.1 Å². The Balaban J connectivity index is 1.74. The number of amides is 3. The summed E-state index contributed by atoms with van der Waals surface area (Å²) in [7, 11) is 0. The highest BCUT2D eigenvalue weighted by Crippen LogP contribution is 2.34. The quantitative estimate of drug-likeness (QED) is 0.601. The molecule has 1 aliphatic heterocycles. The van der Waals surface area contributed by atoms with E-state index in [-0.39, 0.29) is 30.1 Å². The molecule has 1 atom stereocenters. The van der Waals surface area contributed by atoms with Gasteiger partial charge in [-0.3, -0.25) is 4.79 Å². The fourth-order valence-electron chi connectivity index (χ4n) is 3.76. The van der Waals surface area contributed by atoms with Crippen molar-refractivity contribution in [3.05, 3.63) is 51.2 Å². The van der Waals surface area contributed by atoms with Crippen molar-refractivity contribution in [3.8, 4) is 5.75 Å². The molecule has 3 rings (SSSR count). The summed E-state index contributed by atoms with van der Waals surface area (Å²) in [5, 5.41) is 5.68. The maximum Gasteiger partial charge on any atom is 0.318 e. The van der Waals surface area contributed by atoms with Gasteiger partial charge in [0.25, 0.3) is 0 Å². The number of thiophene rings is 1. The van der Waals surface area contributed by atoms with Gasteiger partial charge in [0, 0.05) is 28.5 Å². The predicted molar refractivity (Wildman–Crippen MR) is 130 cm³/mol. The second kappa shape index (κ2) is 10.6. The standard InChI is InChI=1S/C24H32ClN3O3S/c1-5-12-27(23(30)26-24(2,3)4)15-22(29)28-13-10-21-19(11-14-32-21)20(28)16-31-18-8-6-17(25)7-9-18/h6-9,11,14,20H,5,10,12-13,15-16H2,1-4H3,(H,26,30)/t20-/m1/s1. The molecule has 0 saturated heterocycles. The second-order valence-electron chi connectivity index (χ2n) is 9.02. The molecule has 0 bridgehead atoms. The highest BCUT2D eigenvalue weighted by Gasteiger charge is 2.33. The molecule has 3 amide bonds. The zero-order chi connectivity index (χ0) is 23.3. The van der Waals surface area contributed by atoms with Gasteiger partial charge < -0.3 is 19.9 Å². The minimum absolute atomic E-state index is 0.0483. The maximum absolute atomic E-state index is 13.4. The van der Waals surface area contributed by atoms with E-state index in [0.29, 0.717) is 30.5 Å². The number of nitrogens with zero attached hydrogens (tertiary/aromatic N) is 2. The van der Waals surface area contributed by atoms with Gasteiger partial charge in [0.05, 0.1) is 6.04 Å². The van der Waals surface area contributed by atoms with Crippen LogP contribution in [0, 0.1) is 0 Å². The van der Waals surface area contributed by atoms with E-state index >= 15 is 0 Å². The van der Waals surface area contributed by atoms with Gasteiger partial charge in [-0.15, -0.1) is 11.3 Å². The molecular weight excluding hydrogens is 446 g/mol. The fraction of sp³-hybridized carbons (Fsp3) is 0.500. The number of hydrogen-bond acceptors (Lipinski definition) is 4. The molecule has 1 aliphatic rings. The number of hydrogen-bond donors (Lipinski definition) is 1. The Morgan fingerprint density at radius 1 is 1.25 bits per heavy atom. The lowest BCUT2D eigenvalue weighted by Gasteiger charge is -2.37. The van der Waals surface area contributed by atoms with Crippen LogP contribution in [0.5, 0.6) is 5.75 Å². The molecule has 174 valence electrons. The number of carbonyl (C=O) groups is 2. The molecule has 0 aliphatic carbocycles. The minimum Gasteiger partial charge on any atom is -0.491 e. The van der Waals surface area contributed by atoms with Gasteiger partial charge in [-0.2, -0.15) is 0 Å². The lowest BCUT2D eigenvalue weighted by atomic mass is 10.0. The molecule has 0 saturated carbocycles. The smallest absolute Gasteiger partial charge is 0.318 e. The number of carbonyl (C=O) groups excluding carboxylic acids is 2. The van der Waals surface area contributed by atoms with E-state index in [2.05, 4.69) is 16.8 Å². The number of rotatable bonds is 7. The van der Waals surface area contributed by atoms with Crippen LogP contribution in [0.2, 0.25) is 5.02 Å². The Bertz CT molecular complexity index is 923. The second-order valence-corrected chi connectivity index (χ2v) is 10.5. The summed E-state index contributed by atoms with van der Waals surface area (Å²) < 4.78 is 6.03. The van der Waals surface area contributed by atoms with Gasteiger partial charge in [-0.05, 0) is 74.9 Å². The van der Waals surface area contributed by atoms with Crippen molar-refractivity contribution in [3.63, 3.8) is 0 Å². The van der Waals surface area contributed by atoms with Gasteiger partial charge in [0.1, 0.15) is 18.9 Å².